The van der Waals surface area contributed by atoms with Crippen LogP contribution in [0, 0.1) is 6.92 Å². The number of imidazole rings is 1. The van der Waals surface area contributed by atoms with Crippen molar-refractivity contribution in [2.45, 2.75) is 38.4 Å². The molecule has 0 aliphatic carbocycles. The lowest BCUT2D eigenvalue weighted by atomic mass is 10.1. The van der Waals surface area contributed by atoms with Crippen molar-refractivity contribution in [2.24, 2.45) is 0 Å². The van der Waals surface area contributed by atoms with Crippen LogP contribution in [0.25, 0.3) is 16.9 Å². The summed E-state index contributed by atoms with van der Waals surface area (Å²) < 4.78 is 2.18. The zero-order valence-corrected chi connectivity index (χ0v) is 20.4. The minimum absolute atomic E-state index is 0.0168. The number of carbonyl (C=O) groups excluding carboxylic acids is 1. The molecule has 178 valence electrons. The molecule has 2 atom stereocenters. The van der Waals surface area contributed by atoms with E-state index in [1.807, 2.05) is 73.7 Å². The fourth-order valence-electron chi connectivity index (χ4n) is 5.59. The number of aryl methyl sites for hydroxylation is 1. The van der Waals surface area contributed by atoms with Crippen molar-refractivity contribution < 1.29 is 4.79 Å². The van der Waals surface area contributed by atoms with Crippen molar-refractivity contribution in [1.29, 1.82) is 0 Å². The van der Waals surface area contributed by atoms with Crippen LogP contribution in [0.5, 0.6) is 0 Å². The molecule has 2 aliphatic rings. The summed E-state index contributed by atoms with van der Waals surface area (Å²) >= 11 is 6.14. The third-order valence-corrected chi connectivity index (χ3v) is 7.55. The largest absolute Gasteiger partial charge is 0.322 e. The topological polar surface area (TPSA) is 52.9 Å². The standard InChI is InChI=1S/C28H28ClN5O/c1-19-6-2-3-7-24(19)30-28(35)34-22-13-14-23(34)17-32(16-22)18-25-27(20-9-11-21(29)12-10-20)31-26-8-4-5-15-33(25)26/h2-12,15,22-23H,13-14,16-18H2,1H3,(H,30,35). The molecule has 4 heterocycles. The van der Waals surface area contributed by atoms with Crippen molar-refractivity contribution in [2.75, 3.05) is 18.4 Å². The monoisotopic (exact) mass is 485 g/mol. The zero-order chi connectivity index (χ0) is 23.9. The predicted molar refractivity (Wildman–Crippen MR) is 140 cm³/mol. The number of urea groups is 1. The van der Waals surface area contributed by atoms with Crippen molar-refractivity contribution in [1.82, 2.24) is 19.2 Å². The molecule has 6 rings (SSSR count). The minimum Gasteiger partial charge on any atom is -0.316 e. The molecule has 2 bridgehead atoms. The number of anilines is 1. The van der Waals surface area contributed by atoms with Crippen LogP contribution in [-0.2, 0) is 6.54 Å². The van der Waals surface area contributed by atoms with Gasteiger partial charge in [-0.2, -0.15) is 0 Å². The number of fused-ring (bicyclic) bond motifs is 3. The lowest BCUT2D eigenvalue weighted by Gasteiger charge is -2.41. The van der Waals surface area contributed by atoms with Gasteiger partial charge in [0.25, 0.3) is 0 Å². The van der Waals surface area contributed by atoms with Gasteiger partial charge in [0.15, 0.2) is 0 Å². The molecule has 0 saturated carbocycles. The van der Waals surface area contributed by atoms with E-state index >= 15 is 0 Å². The van der Waals surface area contributed by atoms with Gasteiger partial charge in [-0.15, -0.1) is 0 Å². The predicted octanol–water partition coefficient (Wildman–Crippen LogP) is 5.84. The second kappa shape index (κ2) is 9.02. The highest BCUT2D eigenvalue weighted by Gasteiger charge is 2.43. The number of hydrogen-bond acceptors (Lipinski definition) is 3. The van der Waals surface area contributed by atoms with E-state index in [1.54, 1.807) is 0 Å². The SMILES string of the molecule is Cc1ccccc1NC(=O)N1C2CCC1CN(Cc1c(-c3ccc(Cl)cc3)nc3ccccn13)C2. The molecule has 2 aromatic carbocycles. The van der Waals surface area contributed by atoms with Crippen molar-refractivity contribution in [3.05, 3.63) is 89.2 Å². The van der Waals surface area contributed by atoms with E-state index < -0.39 is 0 Å². The fraction of sp³-hybridized carbons (Fsp3) is 0.286. The number of halogens is 1. The third kappa shape index (κ3) is 4.17. The summed E-state index contributed by atoms with van der Waals surface area (Å²) in [5.74, 6) is 0. The molecule has 7 heteroatoms. The van der Waals surface area contributed by atoms with Crippen LogP contribution in [-0.4, -0.2) is 50.4 Å². The molecule has 2 aromatic heterocycles. The molecule has 0 radical (unpaired) electrons. The van der Waals surface area contributed by atoms with Gasteiger partial charge in [-0.1, -0.05) is 48.0 Å². The summed E-state index contributed by atoms with van der Waals surface area (Å²) in [5.41, 5.74) is 6.12. The number of aromatic nitrogens is 2. The summed E-state index contributed by atoms with van der Waals surface area (Å²) in [5, 5.41) is 3.86. The maximum atomic E-state index is 13.2. The Bertz CT molecular complexity index is 1370. The summed E-state index contributed by atoms with van der Waals surface area (Å²) in [6.07, 6.45) is 4.16. The number of rotatable bonds is 4. The lowest BCUT2D eigenvalue weighted by molar-refractivity contribution is 0.0894. The molecule has 2 unspecified atom stereocenters. The smallest absolute Gasteiger partial charge is 0.316 e. The third-order valence-electron chi connectivity index (χ3n) is 7.30. The molecule has 2 saturated heterocycles. The minimum atomic E-state index is 0.0168. The van der Waals surface area contributed by atoms with Crippen molar-refractivity contribution in [3.63, 3.8) is 0 Å². The molecular weight excluding hydrogens is 458 g/mol. The Balaban J connectivity index is 1.24. The molecular formula is C28H28ClN5O. The lowest BCUT2D eigenvalue weighted by Crippen LogP contribution is -2.56. The van der Waals surface area contributed by atoms with E-state index in [4.69, 9.17) is 16.6 Å². The highest BCUT2D eigenvalue weighted by Crippen LogP contribution is 2.33. The van der Waals surface area contributed by atoms with Gasteiger partial charge in [-0.25, -0.2) is 9.78 Å². The average Bonchev–Trinajstić information content (AvgIpc) is 3.35. The normalized spacial score (nSPS) is 19.9. The highest BCUT2D eigenvalue weighted by atomic mass is 35.5. The van der Waals surface area contributed by atoms with E-state index in [1.165, 1.54) is 5.69 Å². The number of carbonyl (C=O) groups is 1. The van der Waals surface area contributed by atoms with Crippen LogP contribution in [0.3, 0.4) is 0 Å². The van der Waals surface area contributed by atoms with Gasteiger partial charge in [-0.3, -0.25) is 4.90 Å². The maximum Gasteiger partial charge on any atom is 0.322 e. The van der Waals surface area contributed by atoms with Gasteiger partial charge < -0.3 is 14.6 Å². The Hall–Kier alpha value is -3.35. The number of nitrogens with zero attached hydrogens (tertiary/aromatic N) is 4. The molecule has 2 amide bonds. The second-order valence-corrected chi connectivity index (χ2v) is 10.0. The quantitative estimate of drug-likeness (QED) is 0.395. The molecule has 2 fully saturated rings. The molecule has 1 N–H and O–H groups in total. The average molecular weight is 486 g/mol. The Kier molecular flexibility index (Phi) is 5.71. The van der Waals surface area contributed by atoms with Crippen molar-refractivity contribution in [3.8, 4) is 11.3 Å². The van der Waals surface area contributed by atoms with Gasteiger partial charge >= 0.3 is 6.03 Å². The summed E-state index contributed by atoms with van der Waals surface area (Å²) in [6, 6.07) is 22.4. The van der Waals surface area contributed by atoms with Crippen LogP contribution in [0.1, 0.15) is 24.1 Å². The molecule has 35 heavy (non-hydrogen) atoms. The number of piperazine rings is 1. The fourth-order valence-corrected chi connectivity index (χ4v) is 5.72. The van der Waals surface area contributed by atoms with Crippen LogP contribution in [0.15, 0.2) is 72.9 Å². The Morgan fingerprint density at radius 1 is 1.00 bits per heavy atom. The van der Waals surface area contributed by atoms with Crippen molar-refractivity contribution >= 4 is 29.0 Å². The van der Waals surface area contributed by atoms with E-state index in [0.29, 0.717) is 0 Å². The number of para-hydroxylation sites is 1. The number of benzene rings is 2. The van der Waals surface area contributed by atoms with E-state index in [2.05, 4.69) is 25.7 Å². The zero-order valence-electron chi connectivity index (χ0n) is 19.7. The Morgan fingerprint density at radius 3 is 2.46 bits per heavy atom. The Labute approximate surface area is 210 Å². The van der Waals surface area contributed by atoms with E-state index in [0.717, 1.165) is 65.7 Å². The maximum absolute atomic E-state index is 13.2. The first kappa shape index (κ1) is 22.1. The number of pyridine rings is 1. The molecule has 0 spiro atoms. The van der Waals surface area contributed by atoms with E-state index in [9.17, 15) is 4.79 Å². The summed E-state index contributed by atoms with van der Waals surface area (Å²) in [6.45, 7) is 4.52. The van der Waals surface area contributed by atoms with Gasteiger partial charge in [0, 0.05) is 54.2 Å². The van der Waals surface area contributed by atoms with Crippen LogP contribution < -0.4 is 5.32 Å². The summed E-state index contributed by atoms with van der Waals surface area (Å²) in [7, 11) is 0. The number of amides is 2. The summed E-state index contributed by atoms with van der Waals surface area (Å²) in [4.78, 5) is 22.7. The first-order valence-electron chi connectivity index (χ1n) is 12.2. The van der Waals surface area contributed by atoms with Crippen LogP contribution in [0.4, 0.5) is 10.5 Å². The van der Waals surface area contributed by atoms with Gasteiger partial charge in [-0.05, 0) is 55.7 Å². The number of nitrogens with one attached hydrogen (secondary N) is 1. The van der Waals surface area contributed by atoms with Gasteiger partial charge in [0.1, 0.15) is 5.65 Å². The second-order valence-electron chi connectivity index (χ2n) is 9.57. The number of likely N-dealkylation sites (tertiary alicyclic amines) is 1. The first-order chi connectivity index (χ1) is 17.1. The van der Waals surface area contributed by atoms with Crippen LogP contribution >= 0.6 is 11.6 Å². The molecule has 2 aliphatic heterocycles. The van der Waals surface area contributed by atoms with Crippen LogP contribution in [0.2, 0.25) is 5.02 Å². The Morgan fingerprint density at radius 2 is 1.71 bits per heavy atom. The molecule has 6 nitrogen and oxygen atoms in total. The highest BCUT2D eigenvalue weighted by molar-refractivity contribution is 6.30. The number of hydrogen-bond donors (Lipinski definition) is 1. The molecule has 4 aromatic rings. The first-order valence-corrected chi connectivity index (χ1v) is 12.5. The van der Waals surface area contributed by atoms with Gasteiger partial charge in [0.2, 0.25) is 0 Å². The van der Waals surface area contributed by atoms with Gasteiger partial charge in [0.05, 0.1) is 11.4 Å². The van der Waals surface area contributed by atoms with E-state index in [-0.39, 0.29) is 18.1 Å².